The molecule has 0 fully saturated rings. The summed E-state index contributed by atoms with van der Waals surface area (Å²) in [4.78, 5) is 5.58. The van der Waals surface area contributed by atoms with Crippen molar-refractivity contribution >= 4 is 49.4 Å². The maximum atomic E-state index is 5.58. The molecule has 2 aliphatic rings. The van der Waals surface area contributed by atoms with Gasteiger partial charge < -0.3 is 0 Å². The summed E-state index contributed by atoms with van der Waals surface area (Å²) in [7, 11) is 0. The number of rotatable bonds is 1. The fraction of sp³-hybridized carbons (Fsp3) is 0.0217. The number of pyridine rings is 1. The van der Waals surface area contributed by atoms with Crippen LogP contribution in [0.15, 0.2) is 164 Å². The highest BCUT2D eigenvalue weighted by Crippen LogP contribution is 2.63. The Morgan fingerprint density at radius 1 is 0.388 bits per heavy atom. The Bertz CT molecular complexity index is 3020. The second-order valence-electron chi connectivity index (χ2n) is 13.4. The molecule has 0 atom stereocenters. The average Bonchev–Trinajstić information content (AvgIpc) is 3.88. The van der Waals surface area contributed by atoms with Gasteiger partial charge in [-0.25, -0.2) is 4.98 Å². The third-order valence-electron chi connectivity index (χ3n) is 11.3. The van der Waals surface area contributed by atoms with Crippen LogP contribution >= 0.6 is 0 Å². The molecule has 3 nitrogen and oxygen atoms in total. The summed E-state index contributed by atoms with van der Waals surface area (Å²) >= 11 is 0. The van der Waals surface area contributed by atoms with Gasteiger partial charge in [0, 0.05) is 21.7 Å². The lowest BCUT2D eigenvalue weighted by atomic mass is 9.70. The summed E-state index contributed by atoms with van der Waals surface area (Å²) in [5.74, 6) is 0. The Morgan fingerprint density at radius 3 is 1.65 bits per heavy atom. The van der Waals surface area contributed by atoms with Crippen molar-refractivity contribution in [1.82, 2.24) is 14.0 Å². The molecule has 0 saturated heterocycles. The number of imidazole rings is 1. The Labute approximate surface area is 281 Å². The van der Waals surface area contributed by atoms with Gasteiger partial charge in [0.25, 0.3) is 0 Å². The van der Waals surface area contributed by atoms with E-state index in [2.05, 4.69) is 173 Å². The molecule has 12 rings (SSSR count). The molecule has 10 aromatic rings. The first-order valence-electron chi connectivity index (χ1n) is 17.0. The third-order valence-corrected chi connectivity index (χ3v) is 11.3. The maximum absolute atomic E-state index is 5.58. The highest BCUT2D eigenvalue weighted by molar-refractivity contribution is 6.17. The number of benzene rings is 7. The van der Waals surface area contributed by atoms with Crippen LogP contribution in [0.4, 0.5) is 0 Å². The van der Waals surface area contributed by atoms with Crippen LogP contribution in [-0.2, 0) is 5.41 Å². The molecule has 1 spiro atoms. The Hall–Kier alpha value is -6.45. The molecular formula is C46H27N3. The Morgan fingerprint density at radius 2 is 0.918 bits per heavy atom. The van der Waals surface area contributed by atoms with Crippen LogP contribution < -0.4 is 0 Å². The topological polar surface area (TPSA) is 22.2 Å². The van der Waals surface area contributed by atoms with E-state index in [0.717, 1.165) is 33.4 Å². The SMILES string of the molecule is c1ccc2c(c1)-c1ccccc1C21c2ccccc2-c2c(-n3c4ccccc4c4c3nc3c5ccccc5c5ccccc5n34)cccc21. The summed E-state index contributed by atoms with van der Waals surface area (Å²) < 4.78 is 4.83. The third kappa shape index (κ3) is 2.91. The minimum absolute atomic E-state index is 0.400. The van der Waals surface area contributed by atoms with Crippen molar-refractivity contribution in [2.75, 3.05) is 0 Å². The lowest BCUT2D eigenvalue weighted by molar-refractivity contribution is 0.793. The van der Waals surface area contributed by atoms with Crippen LogP contribution in [0.25, 0.3) is 77.3 Å². The van der Waals surface area contributed by atoms with Crippen LogP contribution in [0.3, 0.4) is 0 Å². The molecule has 0 aliphatic heterocycles. The summed E-state index contributed by atoms with van der Waals surface area (Å²) in [5.41, 5.74) is 16.8. The normalized spacial score (nSPS) is 13.9. The number of hydrogen-bond acceptors (Lipinski definition) is 1. The smallest absolute Gasteiger partial charge is 0.165 e. The first kappa shape index (κ1) is 25.6. The second kappa shape index (κ2) is 8.91. The van der Waals surface area contributed by atoms with Crippen molar-refractivity contribution < 1.29 is 0 Å². The highest BCUT2D eigenvalue weighted by Gasteiger charge is 2.52. The molecule has 226 valence electrons. The van der Waals surface area contributed by atoms with Crippen molar-refractivity contribution in [2.24, 2.45) is 0 Å². The summed E-state index contributed by atoms with van der Waals surface area (Å²) in [6.45, 7) is 0. The quantitative estimate of drug-likeness (QED) is 0.167. The molecule has 2 aliphatic carbocycles. The minimum Gasteiger partial charge on any atom is -0.292 e. The number of para-hydroxylation sites is 2. The van der Waals surface area contributed by atoms with Gasteiger partial charge in [-0.1, -0.05) is 146 Å². The van der Waals surface area contributed by atoms with Crippen molar-refractivity contribution in [3.63, 3.8) is 0 Å². The Kier molecular flexibility index (Phi) is 4.66. The van der Waals surface area contributed by atoms with Gasteiger partial charge in [-0.05, 0) is 62.5 Å². The summed E-state index contributed by atoms with van der Waals surface area (Å²) in [6.07, 6.45) is 0. The fourth-order valence-corrected chi connectivity index (χ4v) is 9.57. The van der Waals surface area contributed by atoms with E-state index in [9.17, 15) is 0 Å². The van der Waals surface area contributed by atoms with Crippen LogP contribution in [-0.4, -0.2) is 14.0 Å². The van der Waals surface area contributed by atoms with E-state index < -0.39 is 5.41 Å². The predicted molar refractivity (Wildman–Crippen MR) is 201 cm³/mol. The van der Waals surface area contributed by atoms with E-state index in [1.54, 1.807) is 0 Å². The molecule has 0 radical (unpaired) electrons. The van der Waals surface area contributed by atoms with Crippen LogP contribution in [0, 0.1) is 0 Å². The van der Waals surface area contributed by atoms with Crippen LogP contribution in [0.5, 0.6) is 0 Å². The number of fused-ring (bicyclic) bond motifs is 20. The van der Waals surface area contributed by atoms with E-state index in [1.165, 1.54) is 66.2 Å². The molecule has 0 amide bonds. The van der Waals surface area contributed by atoms with Gasteiger partial charge in [0.05, 0.1) is 22.1 Å². The van der Waals surface area contributed by atoms with Crippen molar-refractivity contribution in [3.8, 4) is 27.9 Å². The summed E-state index contributed by atoms with van der Waals surface area (Å²) in [6, 6.07) is 60.3. The standard InChI is InChI=1S/C46H27N3/c1-2-18-32-28(14-1)31-17-6-11-25-39(31)49-43-34-20-7-12-26-40(34)48(45(43)47-44(32)49)41-27-13-24-38-42(41)33-19-5-10-23-37(33)46(38)35-21-8-3-15-29(35)30-16-4-9-22-36(30)46/h1-27H. The highest BCUT2D eigenvalue weighted by atomic mass is 15.1. The lowest BCUT2D eigenvalue weighted by Crippen LogP contribution is -2.25. The van der Waals surface area contributed by atoms with E-state index in [1.807, 2.05) is 0 Å². The van der Waals surface area contributed by atoms with Crippen molar-refractivity contribution in [2.45, 2.75) is 5.41 Å². The zero-order chi connectivity index (χ0) is 31.8. The van der Waals surface area contributed by atoms with Gasteiger partial charge in [0.1, 0.15) is 11.2 Å². The molecule has 0 unspecified atom stereocenters. The van der Waals surface area contributed by atoms with E-state index in [0.29, 0.717) is 0 Å². The first-order valence-corrected chi connectivity index (χ1v) is 17.0. The molecule has 0 saturated carbocycles. The molecule has 3 heteroatoms. The van der Waals surface area contributed by atoms with E-state index >= 15 is 0 Å². The van der Waals surface area contributed by atoms with Crippen LogP contribution in [0.1, 0.15) is 22.3 Å². The predicted octanol–water partition coefficient (Wildman–Crippen LogP) is 11.1. The number of nitrogens with zero attached hydrogens (tertiary/aromatic N) is 3. The molecule has 0 bridgehead atoms. The second-order valence-corrected chi connectivity index (χ2v) is 13.4. The zero-order valence-corrected chi connectivity index (χ0v) is 26.4. The number of aromatic nitrogens is 3. The van der Waals surface area contributed by atoms with Gasteiger partial charge >= 0.3 is 0 Å². The van der Waals surface area contributed by atoms with Crippen LogP contribution in [0.2, 0.25) is 0 Å². The minimum atomic E-state index is -0.400. The van der Waals surface area contributed by atoms with Gasteiger partial charge in [-0.15, -0.1) is 0 Å². The summed E-state index contributed by atoms with van der Waals surface area (Å²) in [5, 5.41) is 4.82. The van der Waals surface area contributed by atoms with Gasteiger partial charge in [-0.3, -0.25) is 8.97 Å². The average molecular weight is 622 g/mol. The maximum Gasteiger partial charge on any atom is 0.165 e. The molecular weight excluding hydrogens is 595 g/mol. The van der Waals surface area contributed by atoms with Gasteiger partial charge in [0.2, 0.25) is 0 Å². The van der Waals surface area contributed by atoms with Gasteiger partial charge in [0.15, 0.2) is 5.65 Å². The molecule has 3 heterocycles. The monoisotopic (exact) mass is 621 g/mol. The zero-order valence-electron chi connectivity index (χ0n) is 26.4. The van der Waals surface area contributed by atoms with Crippen molar-refractivity contribution in [1.29, 1.82) is 0 Å². The molecule has 7 aromatic carbocycles. The van der Waals surface area contributed by atoms with E-state index in [-0.39, 0.29) is 0 Å². The number of hydrogen-bond donors (Lipinski definition) is 0. The fourth-order valence-electron chi connectivity index (χ4n) is 9.57. The molecule has 0 N–H and O–H groups in total. The van der Waals surface area contributed by atoms with E-state index in [4.69, 9.17) is 4.98 Å². The molecule has 3 aromatic heterocycles. The molecule has 49 heavy (non-hydrogen) atoms. The van der Waals surface area contributed by atoms with Gasteiger partial charge in [-0.2, -0.15) is 0 Å². The largest absolute Gasteiger partial charge is 0.292 e. The lowest BCUT2D eigenvalue weighted by Gasteiger charge is -2.30. The van der Waals surface area contributed by atoms with Crippen molar-refractivity contribution in [3.05, 3.63) is 186 Å². The Balaban J connectivity index is 1.27. The first-order chi connectivity index (χ1) is 24.4.